The van der Waals surface area contributed by atoms with Gasteiger partial charge < -0.3 is 10.1 Å². The second-order valence-corrected chi connectivity index (χ2v) is 8.63. The summed E-state index contributed by atoms with van der Waals surface area (Å²) >= 11 is 3.50. The molecule has 3 nitrogen and oxygen atoms in total. The third-order valence-electron chi connectivity index (χ3n) is 5.57. The zero-order valence-corrected chi connectivity index (χ0v) is 19.3. The van der Waals surface area contributed by atoms with E-state index in [1.54, 1.807) is 0 Å². The Labute approximate surface area is 192 Å². The number of carbonyl (C=O) groups excluding carboxylic acids is 1. The molecular weight excluding hydrogens is 450 g/mol. The van der Waals surface area contributed by atoms with E-state index in [0.29, 0.717) is 19.6 Å². The van der Waals surface area contributed by atoms with Crippen molar-refractivity contribution in [3.63, 3.8) is 0 Å². The van der Waals surface area contributed by atoms with Gasteiger partial charge in [0.2, 0.25) is 0 Å². The van der Waals surface area contributed by atoms with Gasteiger partial charge in [-0.3, -0.25) is 0 Å². The number of hydrogen-bond acceptors (Lipinski definition) is 2. The molecule has 31 heavy (non-hydrogen) atoms. The van der Waals surface area contributed by atoms with Gasteiger partial charge in [-0.05, 0) is 59.4 Å². The normalized spacial score (nSPS) is 11.8. The van der Waals surface area contributed by atoms with Crippen LogP contribution in [-0.2, 0) is 4.74 Å². The predicted octanol–water partition coefficient (Wildman–Crippen LogP) is 6.35. The maximum Gasteiger partial charge on any atom is 0.407 e. The molecule has 0 aromatic heterocycles. The molecule has 0 heterocycles. The zero-order chi connectivity index (χ0) is 21.8. The molecule has 1 amide bonds. The number of ether oxygens (including phenoxy) is 1. The van der Waals surface area contributed by atoms with Gasteiger partial charge in [0.15, 0.2) is 0 Å². The van der Waals surface area contributed by atoms with Crippen molar-refractivity contribution in [2.24, 2.45) is 0 Å². The molecule has 0 spiro atoms. The molecule has 3 aromatic carbocycles. The molecule has 1 aliphatic rings. The Morgan fingerprint density at radius 3 is 2.19 bits per heavy atom. The lowest BCUT2D eigenvalue weighted by Crippen LogP contribution is -2.26. The minimum atomic E-state index is -0.403. The fourth-order valence-corrected chi connectivity index (χ4v) is 4.82. The fourth-order valence-electron chi connectivity index (χ4n) is 4.14. The quantitative estimate of drug-likeness (QED) is 0.354. The van der Waals surface area contributed by atoms with Crippen molar-refractivity contribution in [1.82, 2.24) is 5.32 Å². The first-order chi connectivity index (χ1) is 15.0. The van der Waals surface area contributed by atoms with Crippen LogP contribution in [0.1, 0.15) is 40.2 Å². The van der Waals surface area contributed by atoms with Gasteiger partial charge in [-0.25, -0.2) is 4.79 Å². The molecular formula is C27H24BrNO2. The Hall–Kier alpha value is -3.03. The van der Waals surface area contributed by atoms with Crippen molar-refractivity contribution < 1.29 is 9.53 Å². The highest BCUT2D eigenvalue weighted by Crippen LogP contribution is 2.44. The van der Waals surface area contributed by atoms with Crippen LogP contribution in [0, 0.1) is 25.7 Å². The molecule has 4 heteroatoms. The van der Waals surface area contributed by atoms with Crippen LogP contribution in [0.4, 0.5) is 4.79 Å². The lowest BCUT2D eigenvalue weighted by Gasteiger charge is -2.14. The summed E-state index contributed by atoms with van der Waals surface area (Å²) in [5.74, 6) is 6.43. The highest BCUT2D eigenvalue weighted by atomic mass is 79.9. The van der Waals surface area contributed by atoms with Crippen LogP contribution < -0.4 is 5.32 Å². The van der Waals surface area contributed by atoms with Crippen molar-refractivity contribution in [3.8, 4) is 23.0 Å². The Bertz CT molecular complexity index is 1120. The highest BCUT2D eigenvalue weighted by Gasteiger charge is 2.28. The molecule has 0 atom stereocenters. The highest BCUT2D eigenvalue weighted by molar-refractivity contribution is 9.10. The molecule has 0 radical (unpaired) electrons. The van der Waals surface area contributed by atoms with Gasteiger partial charge in [0.25, 0.3) is 0 Å². The molecule has 4 rings (SSSR count). The molecule has 0 saturated carbocycles. The second-order valence-electron chi connectivity index (χ2n) is 7.72. The van der Waals surface area contributed by atoms with Gasteiger partial charge in [-0.2, -0.15) is 0 Å². The number of benzene rings is 3. The van der Waals surface area contributed by atoms with Gasteiger partial charge in [0, 0.05) is 28.9 Å². The van der Waals surface area contributed by atoms with Gasteiger partial charge in [-0.1, -0.05) is 76.3 Å². The monoisotopic (exact) mass is 473 g/mol. The molecule has 0 aliphatic heterocycles. The Morgan fingerprint density at radius 2 is 1.58 bits per heavy atom. The summed E-state index contributed by atoms with van der Waals surface area (Å²) < 4.78 is 6.61. The summed E-state index contributed by atoms with van der Waals surface area (Å²) in [6.45, 7) is 4.88. The van der Waals surface area contributed by atoms with Crippen LogP contribution in [0.2, 0.25) is 0 Å². The van der Waals surface area contributed by atoms with Crippen molar-refractivity contribution in [1.29, 1.82) is 0 Å². The Balaban J connectivity index is 1.30. The number of amides is 1. The van der Waals surface area contributed by atoms with E-state index in [2.05, 4.69) is 83.3 Å². The van der Waals surface area contributed by atoms with Crippen molar-refractivity contribution in [3.05, 3.63) is 93.0 Å². The third-order valence-corrected chi connectivity index (χ3v) is 6.03. The number of alkyl carbamates (subject to hydrolysis) is 1. The number of fused-ring (bicyclic) bond motifs is 3. The smallest absolute Gasteiger partial charge is 0.407 e. The average molecular weight is 474 g/mol. The molecule has 0 saturated heterocycles. The number of halogens is 1. The molecule has 0 bridgehead atoms. The standard InChI is InChI=1S/C27H24BrNO2/c1-18-15-20(28)16-19(2)21(18)9-7-8-14-29-27(30)31-17-26-24-12-5-3-10-22(24)23-11-4-6-13-25(23)26/h3-6,10-13,15-16,26H,8,14,17H2,1-2H3,(H,29,30). The van der Waals surface area contributed by atoms with E-state index in [1.165, 1.54) is 22.3 Å². The number of hydrogen-bond donors (Lipinski definition) is 1. The van der Waals surface area contributed by atoms with Gasteiger partial charge >= 0.3 is 6.09 Å². The van der Waals surface area contributed by atoms with E-state index in [-0.39, 0.29) is 5.92 Å². The first-order valence-electron chi connectivity index (χ1n) is 10.4. The van der Waals surface area contributed by atoms with Gasteiger partial charge in [0.05, 0.1) is 0 Å². The lowest BCUT2D eigenvalue weighted by molar-refractivity contribution is 0.143. The molecule has 1 aliphatic carbocycles. The molecule has 0 fully saturated rings. The fraction of sp³-hybridized carbons (Fsp3) is 0.222. The number of nitrogens with one attached hydrogen (secondary N) is 1. The minimum absolute atomic E-state index is 0.0706. The van der Waals surface area contributed by atoms with Crippen molar-refractivity contribution in [2.75, 3.05) is 13.2 Å². The number of aryl methyl sites for hydroxylation is 2. The summed E-state index contributed by atoms with van der Waals surface area (Å²) in [7, 11) is 0. The van der Waals surface area contributed by atoms with E-state index in [0.717, 1.165) is 21.2 Å². The van der Waals surface area contributed by atoms with Crippen molar-refractivity contribution >= 4 is 22.0 Å². The summed E-state index contributed by atoms with van der Waals surface area (Å²) in [6.07, 6.45) is 0.166. The lowest BCUT2D eigenvalue weighted by atomic mass is 9.98. The maximum absolute atomic E-state index is 12.2. The van der Waals surface area contributed by atoms with E-state index in [4.69, 9.17) is 4.74 Å². The van der Waals surface area contributed by atoms with Crippen LogP contribution in [0.3, 0.4) is 0 Å². The summed E-state index contributed by atoms with van der Waals surface area (Å²) in [5, 5.41) is 2.81. The van der Waals surface area contributed by atoms with Crippen LogP contribution in [0.25, 0.3) is 11.1 Å². The van der Waals surface area contributed by atoms with Crippen LogP contribution in [0.15, 0.2) is 65.1 Å². The minimum Gasteiger partial charge on any atom is -0.449 e. The van der Waals surface area contributed by atoms with Crippen LogP contribution >= 0.6 is 15.9 Å². The summed E-state index contributed by atoms with van der Waals surface area (Å²) in [5.41, 5.74) is 8.20. The Kier molecular flexibility index (Phi) is 6.44. The maximum atomic E-state index is 12.2. The topological polar surface area (TPSA) is 38.3 Å². The van der Waals surface area contributed by atoms with Crippen LogP contribution in [-0.4, -0.2) is 19.2 Å². The summed E-state index contributed by atoms with van der Waals surface area (Å²) in [4.78, 5) is 12.2. The third kappa shape index (κ3) is 4.68. The SMILES string of the molecule is Cc1cc(Br)cc(C)c1C#CCCNC(=O)OCC1c2ccccc2-c2ccccc21. The molecule has 156 valence electrons. The number of carbonyl (C=O) groups is 1. The average Bonchev–Trinajstić information content (AvgIpc) is 3.07. The van der Waals surface area contributed by atoms with Crippen LogP contribution in [0.5, 0.6) is 0 Å². The van der Waals surface area contributed by atoms with E-state index < -0.39 is 6.09 Å². The van der Waals surface area contributed by atoms with Gasteiger partial charge in [0.1, 0.15) is 6.61 Å². The second kappa shape index (κ2) is 9.41. The predicted molar refractivity (Wildman–Crippen MR) is 128 cm³/mol. The largest absolute Gasteiger partial charge is 0.449 e. The number of rotatable bonds is 4. The molecule has 0 unspecified atom stereocenters. The molecule has 1 N–H and O–H groups in total. The first kappa shape index (κ1) is 21.2. The summed E-state index contributed by atoms with van der Waals surface area (Å²) in [6, 6.07) is 20.8. The van der Waals surface area contributed by atoms with Gasteiger partial charge in [-0.15, -0.1) is 0 Å². The van der Waals surface area contributed by atoms with E-state index >= 15 is 0 Å². The van der Waals surface area contributed by atoms with Crippen molar-refractivity contribution in [2.45, 2.75) is 26.2 Å². The zero-order valence-electron chi connectivity index (χ0n) is 17.7. The molecule has 3 aromatic rings. The van der Waals surface area contributed by atoms with E-state index in [9.17, 15) is 4.79 Å². The Morgan fingerprint density at radius 1 is 1.00 bits per heavy atom. The van der Waals surface area contributed by atoms with E-state index in [1.807, 2.05) is 24.3 Å². The first-order valence-corrected chi connectivity index (χ1v) is 11.2.